The summed E-state index contributed by atoms with van der Waals surface area (Å²) in [7, 11) is 0. The van der Waals surface area contributed by atoms with E-state index in [2.05, 4.69) is 36.0 Å². The van der Waals surface area contributed by atoms with Crippen molar-refractivity contribution in [2.45, 2.75) is 26.3 Å². The number of ketones is 1. The molecule has 1 aromatic heterocycles. The molecule has 1 aliphatic rings. The van der Waals surface area contributed by atoms with Crippen LogP contribution >= 0.6 is 15.9 Å². The second-order valence-electron chi connectivity index (χ2n) is 6.42. The van der Waals surface area contributed by atoms with Crippen LogP contribution in [0.25, 0.3) is 0 Å². The molecule has 2 heterocycles. The predicted molar refractivity (Wildman–Crippen MR) is 101 cm³/mol. The number of carbonyl (C=O) groups excluding carboxylic acids is 2. The van der Waals surface area contributed by atoms with E-state index in [1.165, 1.54) is 0 Å². The van der Waals surface area contributed by atoms with E-state index in [0.29, 0.717) is 25.2 Å². The van der Waals surface area contributed by atoms with Crippen molar-refractivity contribution in [3.63, 3.8) is 0 Å². The van der Waals surface area contributed by atoms with Gasteiger partial charge >= 0.3 is 0 Å². The van der Waals surface area contributed by atoms with Gasteiger partial charge in [0.2, 0.25) is 5.91 Å². The maximum absolute atomic E-state index is 12.4. The molecular weight excluding hydrogens is 398 g/mol. The molecule has 1 N–H and O–H groups in total. The zero-order valence-corrected chi connectivity index (χ0v) is 16.3. The molecular formula is C18H22BrN5O2. The highest BCUT2D eigenvalue weighted by Gasteiger charge is 2.22. The minimum atomic E-state index is 0.00413. The molecule has 3 rings (SSSR count). The lowest BCUT2D eigenvalue weighted by Crippen LogP contribution is -2.48. The summed E-state index contributed by atoms with van der Waals surface area (Å²) in [5.74, 6) is 1.64. The van der Waals surface area contributed by atoms with Gasteiger partial charge in [0.05, 0.1) is 6.54 Å². The van der Waals surface area contributed by atoms with Crippen LogP contribution in [-0.2, 0) is 11.3 Å². The molecule has 26 heavy (non-hydrogen) atoms. The van der Waals surface area contributed by atoms with E-state index >= 15 is 0 Å². The second-order valence-corrected chi connectivity index (χ2v) is 7.34. The number of piperazine rings is 1. The Morgan fingerprint density at radius 3 is 2.42 bits per heavy atom. The van der Waals surface area contributed by atoms with Crippen LogP contribution in [0, 0.1) is 6.92 Å². The third kappa shape index (κ3) is 4.98. The first-order valence-corrected chi connectivity index (χ1v) is 9.47. The zero-order chi connectivity index (χ0) is 18.5. The van der Waals surface area contributed by atoms with Crippen molar-refractivity contribution in [2.24, 2.45) is 0 Å². The highest BCUT2D eigenvalue weighted by atomic mass is 79.9. The molecule has 0 bridgehead atoms. The van der Waals surface area contributed by atoms with Gasteiger partial charge in [0.25, 0.3) is 0 Å². The number of benzene rings is 1. The molecule has 7 nitrogen and oxygen atoms in total. The molecule has 0 unspecified atom stereocenters. The number of hydrogen-bond acceptors (Lipinski definition) is 5. The lowest BCUT2D eigenvalue weighted by Gasteiger charge is -2.34. The molecule has 0 aliphatic carbocycles. The van der Waals surface area contributed by atoms with E-state index in [4.69, 9.17) is 0 Å². The number of Topliss-reactive ketones (excluding diaryl/α,β-unsaturated/α-hetero) is 1. The van der Waals surface area contributed by atoms with Crippen LogP contribution in [-0.4, -0.2) is 62.9 Å². The molecule has 1 fully saturated rings. The van der Waals surface area contributed by atoms with Gasteiger partial charge in [-0.1, -0.05) is 28.1 Å². The smallest absolute Gasteiger partial charge is 0.223 e. The third-order valence-electron chi connectivity index (χ3n) is 4.47. The van der Waals surface area contributed by atoms with Crippen molar-refractivity contribution in [3.8, 4) is 0 Å². The van der Waals surface area contributed by atoms with Crippen molar-refractivity contribution < 1.29 is 9.59 Å². The minimum absolute atomic E-state index is 0.00413. The average molecular weight is 420 g/mol. The summed E-state index contributed by atoms with van der Waals surface area (Å²) in [5, 5.41) is 6.99. The lowest BCUT2D eigenvalue weighted by molar-refractivity contribution is -0.133. The molecule has 8 heteroatoms. The average Bonchev–Trinajstić information content (AvgIpc) is 3.05. The molecule has 0 spiro atoms. The van der Waals surface area contributed by atoms with Crippen LogP contribution < -0.4 is 0 Å². The summed E-state index contributed by atoms with van der Waals surface area (Å²) in [4.78, 5) is 33.0. The van der Waals surface area contributed by atoms with Gasteiger partial charge in [0.15, 0.2) is 11.6 Å². The lowest BCUT2D eigenvalue weighted by atomic mass is 10.1. The summed E-state index contributed by atoms with van der Waals surface area (Å²) >= 11 is 3.35. The maximum atomic E-state index is 12.4. The fourth-order valence-corrected chi connectivity index (χ4v) is 3.24. The van der Waals surface area contributed by atoms with Crippen LogP contribution in [0.4, 0.5) is 0 Å². The van der Waals surface area contributed by atoms with E-state index < -0.39 is 0 Å². The van der Waals surface area contributed by atoms with Crippen molar-refractivity contribution in [1.29, 1.82) is 0 Å². The first-order chi connectivity index (χ1) is 12.5. The SMILES string of the molecule is Cc1nc(CN2CCN(C(=O)CCC(=O)c3ccc(Br)cc3)CC2)n[nH]1. The molecule has 0 radical (unpaired) electrons. The number of nitrogens with zero attached hydrogens (tertiary/aromatic N) is 4. The van der Waals surface area contributed by atoms with Crippen molar-refractivity contribution in [3.05, 3.63) is 46.0 Å². The molecule has 1 aromatic carbocycles. The van der Waals surface area contributed by atoms with Gasteiger partial charge in [-0.2, -0.15) is 5.10 Å². The van der Waals surface area contributed by atoms with E-state index in [9.17, 15) is 9.59 Å². The minimum Gasteiger partial charge on any atom is -0.340 e. The van der Waals surface area contributed by atoms with Gasteiger partial charge in [-0.05, 0) is 19.1 Å². The van der Waals surface area contributed by atoms with E-state index in [1.54, 1.807) is 12.1 Å². The number of H-pyrrole nitrogens is 1. The normalized spacial score (nSPS) is 15.2. The highest BCUT2D eigenvalue weighted by molar-refractivity contribution is 9.10. The fourth-order valence-electron chi connectivity index (χ4n) is 2.97. The molecule has 2 aromatic rings. The molecule has 0 atom stereocenters. The van der Waals surface area contributed by atoms with Gasteiger partial charge in [-0.15, -0.1) is 0 Å². The van der Waals surface area contributed by atoms with Gasteiger partial charge in [-0.3, -0.25) is 19.6 Å². The Labute approximate surface area is 160 Å². The Balaban J connectivity index is 1.42. The first kappa shape index (κ1) is 18.7. The summed E-state index contributed by atoms with van der Waals surface area (Å²) < 4.78 is 0.934. The summed E-state index contributed by atoms with van der Waals surface area (Å²) in [6.07, 6.45) is 0.506. The Morgan fingerprint density at radius 2 is 1.81 bits per heavy atom. The molecule has 1 saturated heterocycles. The number of hydrogen-bond donors (Lipinski definition) is 1. The monoisotopic (exact) mass is 419 g/mol. The zero-order valence-electron chi connectivity index (χ0n) is 14.7. The summed E-state index contributed by atoms with van der Waals surface area (Å²) in [5.41, 5.74) is 0.646. The van der Waals surface area contributed by atoms with Crippen LogP contribution in [0.1, 0.15) is 34.8 Å². The van der Waals surface area contributed by atoms with Crippen LogP contribution in [0.15, 0.2) is 28.7 Å². The van der Waals surface area contributed by atoms with E-state index in [0.717, 1.165) is 29.2 Å². The second kappa shape index (κ2) is 8.55. The number of rotatable bonds is 6. The highest BCUT2D eigenvalue weighted by Crippen LogP contribution is 2.14. The Kier molecular flexibility index (Phi) is 6.16. The Morgan fingerprint density at radius 1 is 1.12 bits per heavy atom. The number of nitrogens with one attached hydrogen (secondary N) is 1. The molecule has 138 valence electrons. The summed E-state index contributed by atoms with van der Waals surface area (Å²) in [6, 6.07) is 7.23. The maximum Gasteiger partial charge on any atom is 0.223 e. The quantitative estimate of drug-likeness (QED) is 0.725. The van der Waals surface area contributed by atoms with Crippen LogP contribution in [0.5, 0.6) is 0 Å². The fraction of sp³-hybridized carbons (Fsp3) is 0.444. The number of aryl methyl sites for hydroxylation is 1. The van der Waals surface area contributed by atoms with Gasteiger partial charge in [-0.25, -0.2) is 4.98 Å². The number of halogens is 1. The first-order valence-electron chi connectivity index (χ1n) is 8.68. The van der Waals surface area contributed by atoms with Crippen molar-refractivity contribution >= 4 is 27.6 Å². The van der Waals surface area contributed by atoms with Crippen molar-refractivity contribution in [2.75, 3.05) is 26.2 Å². The largest absolute Gasteiger partial charge is 0.340 e. The molecule has 1 aliphatic heterocycles. The van der Waals surface area contributed by atoms with Gasteiger partial charge in [0.1, 0.15) is 5.82 Å². The number of carbonyl (C=O) groups is 2. The number of amides is 1. The van der Waals surface area contributed by atoms with Crippen molar-refractivity contribution in [1.82, 2.24) is 25.0 Å². The van der Waals surface area contributed by atoms with Crippen LogP contribution in [0.3, 0.4) is 0 Å². The van der Waals surface area contributed by atoms with E-state index in [-0.39, 0.29) is 24.5 Å². The Bertz CT molecular complexity index is 766. The van der Waals surface area contributed by atoms with Gasteiger partial charge < -0.3 is 4.90 Å². The topological polar surface area (TPSA) is 82.2 Å². The number of aromatic nitrogens is 3. The Hall–Kier alpha value is -2.06. The third-order valence-corrected chi connectivity index (χ3v) is 4.99. The molecule has 1 amide bonds. The van der Waals surface area contributed by atoms with E-state index in [1.807, 2.05) is 24.0 Å². The predicted octanol–water partition coefficient (Wildman–Crippen LogP) is 2.18. The standard InChI is InChI=1S/C18H22BrN5O2/c1-13-20-17(22-21-13)12-23-8-10-24(11-9-23)18(26)7-6-16(25)14-2-4-15(19)5-3-14/h2-5H,6-12H2,1H3,(H,20,21,22). The van der Waals surface area contributed by atoms with Crippen LogP contribution in [0.2, 0.25) is 0 Å². The number of aromatic amines is 1. The summed E-state index contributed by atoms with van der Waals surface area (Å²) in [6.45, 7) is 5.50. The molecule has 0 saturated carbocycles. The van der Waals surface area contributed by atoms with Gasteiger partial charge in [0, 0.05) is 49.1 Å².